The summed E-state index contributed by atoms with van der Waals surface area (Å²) in [5.74, 6) is -1.12. The van der Waals surface area contributed by atoms with Gasteiger partial charge in [0.25, 0.3) is 17.5 Å². The van der Waals surface area contributed by atoms with E-state index in [0.29, 0.717) is 22.8 Å². The van der Waals surface area contributed by atoms with Gasteiger partial charge in [-0.15, -0.1) is 0 Å². The number of rotatable bonds is 6. The van der Waals surface area contributed by atoms with E-state index in [0.717, 1.165) is 11.6 Å². The number of carbonyl (C=O) groups excluding carboxylic acids is 3. The van der Waals surface area contributed by atoms with Gasteiger partial charge in [-0.05, 0) is 60.4 Å². The Bertz CT molecular complexity index is 1380. The first-order valence-electron chi connectivity index (χ1n) is 10.7. The van der Waals surface area contributed by atoms with Crippen molar-refractivity contribution in [2.24, 2.45) is 0 Å². The van der Waals surface area contributed by atoms with Gasteiger partial charge in [0.1, 0.15) is 17.9 Å². The predicted molar refractivity (Wildman–Crippen MR) is 129 cm³/mol. The Kier molecular flexibility index (Phi) is 6.41. The monoisotopic (exact) mass is 471 g/mol. The fourth-order valence-electron chi connectivity index (χ4n) is 3.52. The van der Waals surface area contributed by atoms with Crippen LogP contribution in [-0.2, 0) is 16.2 Å². The Labute approximate surface area is 200 Å². The minimum absolute atomic E-state index is 0.0183. The molecule has 1 N–H and O–H groups in total. The first kappa shape index (κ1) is 23.4. The zero-order chi connectivity index (χ0) is 25.1. The quantitative estimate of drug-likeness (QED) is 0.245. The standard InChI is InChI=1S/C26H21N3O6/c1-16-6-7-19(12-17(16)2)15-35-22-10-8-18(9-11-22)13-23-24(30)27-26(32)28(25(23)31)20-4-3-5-21(14-20)29(33)34/h3-14H,15H2,1-2H3,(H,27,30,32)/b23-13+. The second-order valence-electron chi connectivity index (χ2n) is 8.01. The van der Waals surface area contributed by atoms with Crippen molar-refractivity contribution in [3.05, 3.63) is 105 Å². The number of nitro benzene ring substituents is 1. The lowest BCUT2D eigenvalue weighted by molar-refractivity contribution is -0.384. The summed E-state index contributed by atoms with van der Waals surface area (Å²) in [4.78, 5) is 48.8. The molecule has 0 bridgehead atoms. The van der Waals surface area contributed by atoms with Gasteiger partial charge < -0.3 is 4.74 Å². The predicted octanol–water partition coefficient (Wildman–Crippen LogP) is 4.46. The highest BCUT2D eigenvalue weighted by Crippen LogP contribution is 2.26. The number of nitrogens with zero attached hydrogens (tertiary/aromatic N) is 2. The fraction of sp³-hybridized carbons (Fsp3) is 0.115. The molecule has 0 atom stereocenters. The number of carbonyl (C=O) groups is 3. The third-order valence-corrected chi connectivity index (χ3v) is 5.57. The molecule has 9 nitrogen and oxygen atoms in total. The largest absolute Gasteiger partial charge is 0.489 e. The molecule has 1 saturated heterocycles. The summed E-state index contributed by atoms with van der Waals surface area (Å²) < 4.78 is 5.82. The Morgan fingerprint density at radius 3 is 2.40 bits per heavy atom. The number of ether oxygens (including phenoxy) is 1. The van der Waals surface area contributed by atoms with Crippen LogP contribution in [0.4, 0.5) is 16.2 Å². The Balaban J connectivity index is 1.52. The first-order valence-corrected chi connectivity index (χ1v) is 10.7. The lowest BCUT2D eigenvalue weighted by Crippen LogP contribution is -2.54. The number of urea groups is 1. The zero-order valence-electron chi connectivity index (χ0n) is 19.0. The Morgan fingerprint density at radius 1 is 0.971 bits per heavy atom. The van der Waals surface area contributed by atoms with Crippen LogP contribution in [0, 0.1) is 24.0 Å². The molecule has 3 aromatic rings. The molecule has 0 radical (unpaired) electrons. The summed E-state index contributed by atoms with van der Waals surface area (Å²) in [5, 5.41) is 13.2. The molecule has 35 heavy (non-hydrogen) atoms. The Morgan fingerprint density at radius 2 is 1.71 bits per heavy atom. The van der Waals surface area contributed by atoms with E-state index < -0.39 is 22.8 Å². The minimum Gasteiger partial charge on any atom is -0.489 e. The van der Waals surface area contributed by atoms with E-state index in [1.54, 1.807) is 24.3 Å². The molecule has 4 rings (SSSR count). The lowest BCUT2D eigenvalue weighted by Gasteiger charge is -2.26. The molecule has 0 saturated carbocycles. The molecule has 9 heteroatoms. The van der Waals surface area contributed by atoms with Crippen LogP contribution >= 0.6 is 0 Å². The van der Waals surface area contributed by atoms with Gasteiger partial charge in [0.05, 0.1) is 10.6 Å². The van der Waals surface area contributed by atoms with Crippen LogP contribution in [0.1, 0.15) is 22.3 Å². The van der Waals surface area contributed by atoms with E-state index >= 15 is 0 Å². The van der Waals surface area contributed by atoms with E-state index in [1.165, 1.54) is 35.4 Å². The summed E-state index contributed by atoms with van der Waals surface area (Å²) >= 11 is 0. The van der Waals surface area contributed by atoms with Gasteiger partial charge in [0.15, 0.2) is 0 Å². The number of aryl methyl sites for hydroxylation is 2. The summed E-state index contributed by atoms with van der Waals surface area (Å²) in [6, 6.07) is 17.0. The number of nitrogens with one attached hydrogen (secondary N) is 1. The lowest BCUT2D eigenvalue weighted by atomic mass is 10.1. The molecule has 0 spiro atoms. The molecular weight excluding hydrogens is 450 g/mol. The zero-order valence-corrected chi connectivity index (χ0v) is 19.0. The number of non-ortho nitro benzene ring substituents is 1. The van der Waals surface area contributed by atoms with Crippen LogP contribution in [0.15, 0.2) is 72.3 Å². The van der Waals surface area contributed by atoms with Gasteiger partial charge in [0, 0.05) is 12.1 Å². The molecule has 0 aliphatic carbocycles. The van der Waals surface area contributed by atoms with Gasteiger partial charge in [-0.2, -0.15) is 0 Å². The number of anilines is 1. The molecule has 0 aromatic heterocycles. The SMILES string of the molecule is Cc1ccc(COc2ccc(/C=C3\C(=O)NC(=O)N(c4cccc([N+](=O)[O-])c4)C3=O)cc2)cc1C. The molecule has 1 fully saturated rings. The maximum Gasteiger partial charge on any atom is 0.335 e. The summed E-state index contributed by atoms with van der Waals surface area (Å²) in [6.07, 6.45) is 1.35. The Hall–Kier alpha value is -4.79. The molecule has 176 valence electrons. The third kappa shape index (κ3) is 5.09. The number of amides is 4. The average Bonchev–Trinajstić information content (AvgIpc) is 2.83. The molecule has 3 aromatic carbocycles. The number of nitro groups is 1. The highest BCUT2D eigenvalue weighted by molar-refractivity contribution is 6.39. The highest BCUT2D eigenvalue weighted by Gasteiger charge is 2.37. The van der Waals surface area contributed by atoms with Gasteiger partial charge in [0.2, 0.25) is 0 Å². The van der Waals surface area contributed by atoms with Crippen molar-refractivity contribution in [3.8, 4) is 5.75 Å². The normalized spacial score (nSPS) is 14.7. The minimum atomic E-state index is -0.979. The molecule has 1 aliphatic rings. The van der Waals surface area contributed by atoms with Crippen LogP contribution < -0.4 is 15.0 Å². The van der Waals surface area contributed by atoms with Gasteiger partial charge >= 0.3 is 6.03 Å². The van der Waals surface area contributed by atoms with E-state index in [2.05, 4.69) is 11.4 Å². The van der Waals surface area contributed by atoms with Crippen LogP contribution in [0.25, 0.3) is 6.08 Å². The number of hydrogen-bond donors (Lipinski definition) is 1. The molecular formula is C26H21N3O6. The maximum absolute atomic E-state index is 13.0. The van der Waals surface area contributed by atoms with E-state index in [-0.39, 0.29) is 16.9 Å². The number of benzene rings is 3. The van der Waals surface area contributed by atoms with Crippen molar-refractivity contribution < 1.29 is 24.0 Å². The van der Waals surface area contributed by atoms with Crippen molar-refractivity contribution in [3.63, 3.8) is 0 Å². The average molecular weight is 471 g/mol. The van der Waals surface area contributed by atoms with Crippen LogP contribution in [0.5, 0.6) is 5.75 Å². The number of hydrogen-bond acceptors (Lipinski definition) is 6. The van der Waals surface area contributed by atoms with E-state index in [1.807, 2.05) is 26.0 Å². The molecule has 1 aliphatic heterocycles. The molecule has 4 amide bonds. The first-order chi connectivity index (χ1) is 16.7. The van der Waals surface area contributed by atoms with E-state index in [4.69, 9.17) is 4.74 Å². The van der Waals surface area contributed by atoms with Crippen molar-refractivity contribution in [1.82, 2.24) is 5.32 Å². The van der Waals surface area contributed by atoms with Crippen LogP contribution in [0.3, 0.4) is 0 Å². The topological polar surface area (TPSA) is 119 Å². The number of imide groups is 2. The van der Waals surface area contributed by atoms with Gasteiger partial charge in [-0.25, -0.2) is 9.69 Å². The summed E-state index contributed by atoms with van der Waals surface area (Å²) in [7, 11) is 0. The van der Waals surface area contributed by atoms with Gasteiger partial charge in [-0.1, -0.05) is 36.4 Å². The second kappa shape index (κ2) is 9.60. The van der Waals surface area contributed by atoms with Crippen molar-refractivity contribution >= 4 is 35.3 Å². The van der Waals surface area contributed by atoms with Crippen molar-refractivity contribution in [1.29, 1.82) is 0 Å². The van der Waals surface area contributed by atoms with Crippen molar-refractivity contribution in [2.75, 3.05) is 4.90 Å². The number of barbiturate groups is 1. The summed E-state index contributed by atoms with van der Waals surface area (Å²) in [6.45, 7) is 4.48. The van der Waals surface area contributed by atoms with Crippen LogP contribution in [-0.4, -0.2) is 22.8 Å². The summed E-state index contributed by atoms with van der Waals surface area (Å²) in [5.41, 5.74) is 3.38. The van der Waals surface area contributed by atoms with Gasteiger partial charge in [-0.3, -0.25) is 25.0 Å². The fourth-order valence-corrected chi connectivity index (χ4v) is 3.52. The molecule has 1 heterocycles. The second-order valence-corrected chi connectivity index (χ2v) is 8.01. The smallest absolute Gasteiger partial charge is 0.335 e. The highest BCUT2D eigenvalue weighted by atomic mass is 16.6. The van der Waals surface area contributed by atoms with Crippen LogP contribution in [0.2, 0.25) is 0 Å². The van der Waals surface area contributed by atoms with E-state index in [9.17, 15) is 24.5 Å². The molecule has 0 unspecified atom stereocenters. The maximum atomic E-state index is 13.0. The van der Waals surface area contributed by atoms with Crippen molar-refractivity contribution in [2.45, 2.75) is 20.5 Å². The third-order valence-electron chi connectivity index (χ3n) is 5.57.